The summed E-state index contributed by atoms with van der Waals surface area (Å²) < 4.78 is 5.40. The molecule has 86 valence electrons. The molecule has 0 atom stereocenters. The Morgan fingerprint density at radius 3 is 2.94 bits per heavy atom. The Bertz CT molecular complexity index is 459. The molecule has 0 radical (unpaired) electrons. The first-order valence-corrected chi connectivity index (χ1v) is 5.03. The number of nitrogens with one attached hydrogen (secondary N) is 1. The van der Waals surface area contributed by atoms with E-state index in [1.54, 1.807) is 6.26 Å². The van der Waals surface area contributed by atoms with Crippen LogP contribution in [0.25, 0.3) is 11.6 Å². The Kier molecular flexibility index (Phi) is 3.02. The second kappa shape index (κ2) is 4.46. The molecule has 0 aliphatic carbocycles. The van der Waals surface area contributed by atoms with Crippen LogP contribution in [0, 0.1) is 0 Å². The normalized spacial score (nSPS) is 11.2. The van der Waals surface area contributed by atoms with E-state index in [4.69, 9.17) is 10.2 Å². The summed E-state index contributed by atoms with van der Waals surface area (Å²) in [5, 5.41) is 6.83. The highest BCUT2D eigenvalue weighted by Crippen LogP contribution is 2.22. The summed E-state index contributed by atoms with van der Waals surface area (Å²) in [6.07, 6.45) is 1.65. The molecule has 0 aliphatic rings. The summed E-state index contributed by atoms with van der Waals surface area (Å²) in [7, 11) is 4.00. The van der Waals surface area contributed by atoms with Gasteiger partial charge in [-0.25, -0.2) is 4.98 Å². The van der Waals surface area contributed by atoms with E-state index in [1.165, 1.54) is 0 Å². The van der Waals surface area contributed by atoms with Crippen molar-refractivity contribution >= 4 is 0 Å². The van der Waals surface area contributed by atoms with Crippen molar-refractivity contribution < 1.29 is 4.42 Å². The second-order valence-electron chi connectivity index (χ2n) is 3.82. The molecule has 2 rings (SSSR count). The summed E-state index contributed by atoms with van der Waals surface area (Å²) in [6.45, 7) is 1.13. The molecule has 3 N–H and O–H groups in total. The van der Waals surface area contributed by atoms with Gasteiger partial charge in [-0.1, -0.05) is 0 Å². The minimum Gasteiger partial charge on any atom is -0.461 e. The smallest absolute Gasteiger partial charge is 0.217 e. The van der Waals surface area contributed by atoms with Gasteiger partial charge in [0, 0.05) is 12.1 Å². The molecule has 0 amide bonds. The number of rotatable bonds is 4. The number of hydrogen-bond donors (Lipinski definition) is 2. The van der Waals surface area contributed by atoms with Crippen LogP contribution < -0.4 is 5.73 Å². The highest BCUT2D eigenvalue weighted by atomic mass is 16.3. The molecule has 0 saturated carbocycles. The van der Waals surface area contributed by atoms with E-state index in [-0.39, 0.29) is 0 Å². The van der Waals surface area contributed by atoms with Gasteiger partial charge >= 0.3 is 0 Å². The largest absolute Gasteiger partial charge is 0.461 e. The van der Waals surface area contributed by atoms with Gasteiger partial charge < -0.3 is 15.1 Å². The van der Waals surface area contributed by atoms with Crippen molar-refractivity contribution in [2.24, 2.45) is 5.73 Å². The van der Waals surface area contributed by atoms with Crippen LogP contribution in [0.3, 0.4) is 0 Å². The van der Waals surface area contributed by atoms with Crippen molar-refractivity contribution in [2.45, 2.75) is 13.1 Å². The summed E-state index contributed by atoms with van der Waals surface area (Å²) in [5.74, 6) is 1.91. The molecule has 2 aromatic rings. The maximum atomic E-state index is 5.46. The van der Waals surface area contributed by atoms with E-state index < -0.39 is 0 Å². The molecule has 0 aliphatic heterocycles. The molecule has 2 aromatic heterocycles. The lowest BCUT2D eigenvalue weighted by Crippen LogP contribution is -2.10. The molecule has 6 heteroatoms. The average molecular weight is 221 g/mol. The lowest BCUT2D eigenvalue weighted by atomic mass is 10.2. The number of aromatic amines is 1. The maximum absolute atomic E-state index is 5.46. The third kappa shape index (κ3) is 2.12. The first-order valence-electron chi connectivity index (χ1n) is 5.03. The zero-order chi connectivity index (χ0) is 11.5. The van der Waals surface area contributed by atoms with E-state index >= 15 is 0 Å². The highest BCUT2D eigenvalue weighted by Gasteiger charge is 2.14. The Morgan fingerprint density at radius 2 is 2.31 bits per heavy atom. The predicted octanol–water partition coefficient (Wildman–Crippen LogP) is 0.585. The average Bonchev–Trinajstić information content (AvgIpc) is 2.84. The Balaban J connectivity index is 2.29. The van der Waals surface area contributed by atoms with Gasteiger partial charge in [-0.2, -0.15) is 0 Å². The number of nitrogens with zero attached hydrogens (tertiary/aromatic N) is 3. The van der Waals surface area contributed by atoms with Gasteiger partial charge in [0.15, 0.2) is 5.76 Å². The van der Waals surface area contributed by atoms with Gasteiger partial charge in [-0.15, -0.1) is 5.10 Å². The maximum Gasteiger partial charge on any atom is 0.217 e. The Morgan fingerprint density at radius 1 is 1.50 bits per heavy atom. The van der Waals surface area contributed by atoms with Crippen molar-refractivity contribution in [3.8, 4) is 11.6 Å². The van der Waals surface area contributed by atoms with E-state index in [1.807, 2.05) is 20.2 Å². The fourth-order valence-electron chi connectivity index (χ4n) is 1.49. The molecule has 0 unspecified atom stereocenters. The van der Waals surface area contributed by atoms with Gasteiger partial charge in [-0.3, -0.25) is 5.10 Å². The number of H-pyrrole nitrogens is 1. The Hall–Kier alpha value is -1.66. The molecule has 0 aromatic carbocycles. The van der Waals surface area contributed by atoms with E-state index in [0.717, 1.165) is 12.1 Å². The SMILES string of the molecule is CN(C)Cc1ccoc1-c1n[nH]c(CN)n1. The summed E-state index contributed by atoms with van der Waals surface area (Å²) >= 11 is 0. The number of hydrogen-bond acceptors (Lipinski definition) is 5. The zero-order valence-electron chi connectivity index (χ0n) is 9.40. The van der Waals surface area contributed by atoms with Gasteiger partial charge in [0.1, 0.15) is 5.82 Å². The molecular formula is C10H15N5O. The van der Waals surface area contributed by atoms with Crippen LogP contribution in [0.1, 0.15) is 11.4 Å². The van der Waals surface area contributed by atoms with Crippen molar-refractivity contribution in [3.05, 3.63) is 23.7 Å². The number of nitrogens with two attached hydrogens (primary N) is 1. The van der Waals surface area contributed by atoms with Crippen LogP contribution in [-0.2, 0) is 13.1 Å². The van der Waals surface area contributed by atoms with Crippen molar-refractivity contribution in [2.75, 3.05) is 14.1 Å². The lowest BCUT2D eigenvalue weighted by Gasteiger charge is -2.07. The fraction of sp³-hybridized carbons (Fsp3) is 0.400. The van der Waals surface area contributed by atoms with Crippen LogP contribution >= 0.6 is 0 Å². The van der Waals surface area contributed by atoms with Crippen LogP contribution in [-0.4, -0.2) is 34.2 Å². The van der Waals surface area contributed by atoms with Gasteiger partial charge in [0.05, 0.1) is 12.8 Å². The summed E-state index contributed by atoms with van der Waals surface area (Å²) in [4.78, 5) is 6.30. The molecule has 6 nitrogen and oxygen atoms in total. The first-order chi connectivity index (χ1) is 7.70. The van der Waals surface area contributed by atoms with Crippen molar-refractivity contribution in [1.82, 2.24) is 20.1 Å². The van der Waals surface area contributed by atoms with Crippen LogP contribution in [0.5, 0.6) is 0 Å². The van der Waals surface area contributed by atoms with Crippen LogP contribution in [0.15, 0.2) is 16.7 Å². The van der Waals surface area contributed by atoms with Crippen molar-refractivity contribution in [3.63, 3.8) is 0 Å². The monoisotopic (exact) mass is 221 g/mol. The van der Waals surface area contributed by atoms with Gasteiger partial charge in [0.2, 0.25) is 5.82 Å². The fourth-order valence-corrected chi connectivity index (χ4v) is 1.49. The predicted molar refractivity (Wildman–Crippen MR) is 59.4 cm³/mol. The zero-order valence-corrected chi connectivity index (χ0v) is 9.40. The third-order valence-corrected chi connectivity index (χ3v) is 2.16. The summed E-state index contributed by atoms with van der Waals surface area (Å²) in [6, 6.07) is 1.92. The minimum absolute atomic E-state index is 0.344. The number of furan rings is 1. The molecular weight excluding hydrogens is 206 g/mol. The highest BCUT2D eigenvalue weighted by molar-refractivity contribution is 5.52. The summed E-state index contributed by atoms with van der Waals surface area (Å²) in [5.41, 5.74) is 6.53. The molecule has 0 spiro atoms. The van der Waals surface area contributed by atoms with Crippen molar-refractivity contribution in [1.29, 1.82) is 0 Å². The third-order valence-electron chi connectivity index (χ3n) is 2.16. The molecule has 0 saturated heterocycles. The standard InChI is InChI=1S/C10H15N5O/c1-15(2)6-7-3-4-16-9(7)10-12-8(5-11)13-14-10/h3-4H,5-6,11H2,1-2H3,(H,12,13,14). The van der Waals surface area contributed by atoms with E-state index in [9.17, 15) is 0 Å². The Labute approximate surface area is 93.5 Å². The van der Waals surface area contributed by atoms with E-state index in [0.29, 0.717) is 24.0 Å². The molecule has 2 heterocycles. The van der Waals surface area contributed by atoms with Gasteiger partial charge in [-0.05, 0) is 20.2 Å². The molecule has 0 fully saturated rings. The molecule has 0 bridgehead atoms. The minimum atomic E-state index is 0.344. The van der Waals surface area contributed by atoms with Crippen LogP contribution in [0.4, 0.5) is 0 Å². The lowest BCUT2D eigenvalue weighted by molar-refractivity contribution is 0.401. The quantitative estimate of drug-likeness (QED) is 0.789. The molecule has 16 heavy (non-hydrogen) atoms. The van der Waals surface area contributed by atoms with Crippen LogP contribution in [0.2, 0.25) is 0 Å². The van der Waals surface area contributed by atoms with E-state index in [2.05, 4.69) is 20.1 Å². The number of aromatic nitrogens is 3. The van der Waals surface area contributed by atoms with Gasteiger partial charge in [0.25, 0.3) is 0 Å². The first kappa shape index (κ1) is 10.8. The second-order valence-corrected chi connectivity index (χ2v) is 3.82. The topological polar surface area (TPSA) is 84.0 Å².